The Hall–Kier alpha value is -0.600. The lowest BCUT2D eigenvalue weighted by atomic mass is 9.68. The van der Waals surface area contributed by atoms with E-state index in [4.69, 9.17) is 4.74 Å². The molecular formula is C23H39FO2. The van der Waals surface area contributed by atoms with E-state index in [9.17, 15) is 9.18 Å². The van der Waals surface area contributed by atoms with Gasteiger partial charge in [-0.15, -0.1) is 0 Å². The molecule has 0 bridgehead atoms. The van der Waals surface area contributed by atoms with Crippen molar-refractivity contribution >= 4 is 5.97 Å². The molecular weight excluding hydrogens is 327 g/mol. The quantitative estimate of drug-likeness (QED) is 0.494. The highest BCUT2D eigenvalue weighted by atomic mass is 19.1. The van der Waals surface area contributed by atoms with E-state index in [1.807, 2.05) is 0 Å². The van der Waals surface area contributed by atoms with Gasteiger partial charge in [0, 0.05) is 0 Å². The van der Waals surface area contributed by atoms with Gasteiger partial charge in [-0.05, 0) is 82.0 Å². The molecule has 3 rings (SSSR count). The fourth-order valence-corrected chi connectivity index (χ4v) is 5.67. The Morgan fingerprint density at radius 1 is 0.846 bits per heavy atom. The molecule has 0 radical (unpaired) electrons. The summed E-state index contributed by atoms with van der Waals surface area (Å²) < 4.78 is 18.9. The molecule has 0 aromatic carbocycles. The molecule has 26 heavy (non-hydrogen) atoms. The van der Waals surface area contributed by atoms with Gasteiger partial charge in [-0.3, -0.25) is 4.79 Å². The first kappa shape index (κ1) is 20.1. The van der Waals surface area contributed by atoms with Gasteiger partial charge in [0.15, 0.2) is 0 Å². The molecule has 0 amide bonds. The van der Waals surface area contributed by atoms with Crippen LogP contribution in [0.15, 0.2) is 0 Å². The minimum absolute atomic E-state index is 0.00836. The number of ether oxygens (including phenoxy) is 1. The Morgan fingerprint density at radius 2 is 1.42 bits per heavy atom. The van der Waals surface area contributed by atoms with Crippen molar-refractivity contribution in [3.63, 3.8) is 0 Å². The van der Waals surface area contributed by atoms with Gasteiger partial charge in [0.25, 0.3) is 0 Å². The molecule has 0 aliphatic heterocycles. The van der Waals surface area contributed by atoms with Gasteiger partial charge in [0.2, 0.25) is 0 Å². The number of carbonyl (C=O) groups is 1. The van der Waals surface area contributed by atoms with Gasteiger partial charge < -0.3 is 4.74 Å². The smallest absolute Gasteiger partial charge is 0.309 e. The topological polar surface area (TPSA) is 26.3 Å². The molecule has 0 aromatic rings. The third-order valence-electron chi connectivity index (χ3n) is 7.52. The summed E-state index contributed by atoms with van der Waals surface area (Å²) in [4.78, 5) is 12.5. The van der Waals surface area contributed by atoms with Crippen molar-refractivity contribution in [2.24, 2.45) is 23.7 Å². The lowest BCUT2D eigenvalue weighted by molar-refractivity contribution is -0.157. The molecule has 0 unspecified atom stereocenters. The second-order valence-electron chi connectivity index (χ2n) is 9.35. The highest BCUT2D eigenvalue weighted by molar-refractivity contribution is 5.72. The van der Waals surface area contributed by atoms with Gasteiger partial charge in [-0.1, -0.05) is 39.0 Å². The van der Waals surface area contributed by atoms with Crippen LogP contribution in [0, 0.1) is 23.7 Å². The summed E-state index contributed by atoms with van der Waals surface area (Å²) >= 11 is 0. The van der Waals surface area contributed by atoms with Gasteiger partial charge in [-0.2, -0.15) is 0 Å². The van der Waals surface area contributed by atoms with Crippen molar-refractivity contribution in [3.05, 3.63) is 0 Å². The van der Waals surface area contributed by atoms with Crippen LogP contribution in [-0.4, -0.2) is 18.2 Å². The van der Waals surface area contributed by atoms with Crippen LogP contribution in [0.2, 0.25) is 0 Å². The van der Waals surface area contributed by atoms with Crippen LogP contribution in [0.25, 0.3) is 0 Å². The molecule has 150 valence electrons. The number of unbranched alkanes of at least 4 members (excludes halogenated alkanes) is 1. The molecule has 0 aromatic heterocycles. The van der Waals surface area contributed by atoms with Gasteiger partial charge >= 0.3 is 5.97 Å². The standard InChI is InChI=1S/C23H39FO2/c1-2-3-4-17-5-7-18(8-6-17)19-9-11-20(12-10-19)23(25)26-22-15-13-21(24)14-16-22/h17-22H,2-16H2,1H3. The van der Waals surface area contributed by atoms with Gasteiger partial charge in [-0.25, -0.2) is 4.39 Å². The van der Waals surface area contributed by atoms with E-state index in [1.54, 1.807) is 0 Å². The van der Waals surface area contributed by atoms with Crippen molar-refractivity contribution < 1.29 is 13.9 Å². The molecule has 0 spiro atoms. The lowest BCUT2D eigenvalue weighted by Gasteiger charge is -2.37. The second-order valence-corrected chi connectivity index (χ2v) is 9.35. The van der Waals surface area contributed by atoms with Crippen molar-refractivity contribution in [1.29, 1.82) is 0 Å². The normalized spacial score (nSPS) is 38.7. The van der Waals surface area contributed by atoms with Crippen molar-refractivity contribution in [3.8, 4) is 0 Å². The summed E-state index contributed by atoms with van der Waals surface area (Å²) in [5, 5.41) is 0. The van der Waals surface area contributed by atoms with Crippen LogP contribution in [0.3, 0.4) is 0 Å². The molecule has 3 fully saturated rings. The van der Waals surface area contributed by atoms with E-state index in [1.165, 1.54) is 57.8 Å². The van der Waals surface area contributed by atoms with Crippen LogP contribution in [0.4, 0.5) is 4.39 Å². The van der Waals surface area contributed by atoms with Crippen molar-refractivity contribution in [2.75, 3.05) is 0 Å². The number of halogens is 1. The maximum absolute atomic E-state index is 13.2. The SMILES string of the molecule is CCCCC1CCC(C2CCC(C(=O)OC3CCC(F)CC3)CC2)CC1. The average Bonchev–Trinajstić information content (AvgIpc) is 2.68. The van der Waals surface area contributed by atoms with E-state index >= 15 is 0 Å². The second kappa shape index (κ2) is 10.1. The van der Waals surface area contributed by atoms with E-state index in [2.05, 4.69) is 6.92 Å². The fourth-order valence-electron chi connectivity index (χ4n) is 5.67. The van der Waals surface area contributed by atoms with E-state index in [-0.39, 0.29) is 18.0 Å². The summed E-state index contributed by atoms with van der Waals surface area (Å²) in [5.74, 6) is 2.85. The molecule has 0 N–H and O–H groups in total. The van der Waals surface area contributed by atoms with Crippen LogP contribution in [-0.2, 0) is 9.53 Å². The van der Waals surface area contributed by atoms with Crippen molar-refractivity contribution in [2.45, 2.75) is 116 Å². The minimum Gasteiger partial charge on any atom is -0.462 e. The Labute approximate surface area is 159 Å². The minimum atomic E-state index is -0.683. The maximum Gasteiger partial charge on any atom is 0.309 e. The Kier molecular flexibility index (Phi) is 7.81. The highest BCUT2D eigenvalue weighted by Gasteiger charge is 2.34. The molecule has 3 aliphatic rings. The van der Waals surface area contributed by atoms with E-state index < -0.39 is 6.17 Å². The zero-order valence-corrected chi connectivity index (χ0v) is 16.8. The number of alkyl halides is 1. The van der Waals surface area contributed by atoms with Gasteiger partial charge in [0.1, 0.15) is 12.3 Å². The van der Waals surface area contributed by atoms with E-state index in [0.29, 0.717) is 25.7 Å². The molecule has 0 atom stereocenters. The Morgan fingerprint density at radius 3 is 2.00 bits per heavy atom. The highest BCUT2D eigenvalue weighted by Crippen LogP contribution is 2.42. The summed E-state index contributed by atoms with van der Waals surface area (Å²) in [6, 6.07) is 0. The first-order valence-electron chi connectivity index (χ1n) is 11.5. The van der Waals surface area contributed by atoms with Crippen LogP contribution in [0.1, 0.15) is 103 Å². The van der Waals surface area contributed by atoms with Gasteiger partial charge in [0.05, 0.1) is 5.92 Å². The summed E-state index contributed by atoms with van der Waals surface area (Å²) in [7, 11) is 0. The van der Waals surface area contributed by atoms with Crippen molar-refractivity contribution in [1.82, 2.24) is 0 Å². The average molecular weight is 367 g/mol. The third kappa shape index (κ3) is 5.70. The molecule has 3 aliphatic carbocycles. The third-order valence-corrected chi connectivity index (χ3v) is 7.52. The molecule has 3 saturated carbocycles. The van der Waals surface area contributed by atoms with E-state index in [0.717, 1.165) is 30.6 Å². The Bertz CT molecular complexity index is 414. The number of hydrogen-bond acceptors (Lipinski definition) is 2. The maximum atomic E-state index is 13.2. The molecule has 3 heteroatoms. The largest absolute Gasteiger partial charge is 0.462 e. The first-order valence-corrected chi connectivity index (χ1v) is 11.5. The van der Waals surface area contributed by atoms with Crippen LogP contribution in [0.5, 0.6) is 0 Å². The number of esters is 1. The zero-order valence-electron chi connectivity index (χ0n) is 16.8. The zero-order chi connectivity index (χ0) is 18.4. The molecule has 2 nitrogen and oxygen atoms in total. The number of carbonyl (C=O) groups excluding carboxylic acids is 1. The summed E-state index contributed by atoms with van der Waals surface area (Å²) in [6.45, 7) is 2.29. The summed E-state index contributed by atoms with van der Waals surface area (Å²) in [6.07, 6.45) is 16.1. The predicted octanol–water partition coefficient (Wildman–Crippen LogP) is 6.61. The monoisotopic (exact) mass is 366 g/mol. The van der Waals surface area contributed by atoms with Crippen LogP contribution >= 0.6 is 0 Å². The Balaban J connectivity index is 1.34. The number of hydrogen-bond donors (Lipinski definition) is 0. The lowest BCUT2D eigenvalue weighted by Crippen LogP contribution is -2.32. The summed E-state index contributed by atoms with van der Waals surface area (Å²) in [5.41, 5.74) is 0. The molecule has 0 heterocycles. The number of rotatable bonds is 6. The van der Waals surface area contributed by atoms with Crippen LogP contribution < -0.4 is 0 Å². The first-order chi connectivity index (χ1) is 12.7. The molecule has 0 saturated heterocycles. The fraction of sp³-hybridized carbons (Fsp3) is 0.957. The predicted molar refractivity (Wildman–Crippen MR) is 104 cm³/mol.